The Morgan fingerprint density at radius 3 is 2.95 bits per heavy atom. The average Bonchev–Trinajstić information content (AvgIpc) is 2.85. The summed E-state index contributed by atoms with van der Waals surface area (Å²) in [4.78, 5) is 10.7. The summed E-state index contributed by atoms with van der Waals surface area (Å²) in [5, 5.41) is 20.1. The fourth-order valence-corrected chi connectivity index (χ4v) is 2.05. The molecule has 21 heavy (non-hydrogen) atoms. The number of halogens is 2. The zero-order valence-corrected chi connectivity index (χ0v) is 11.8. The third-order valence-electron chi connectivity index (χ3n) is 2.82. The van der Waals surface area contributed by atoms with Crippen LogP contribution in [-0.4, -0.2) is 44.5 Å². The topological polar surface area (TPSA) is 90.1 Å². The molecule has 0 fully saturated rings. The highest BCUT2D eigenvalue weighted by atomic mass is 35.5. The summed E-state index contributed by atoms with van der Waals surface area (Å²) in [5.74, 6) is -1.15. The van der Waals surface area contributed by atoms with Crippen LogP contribution in [0.5, 0.6) is 0 Å². The lowest BCUT2D eigenvalue weighted by Crippen LogP contribution is -2.23. The normalized spacial score (nSPS) is 12.3. The summed E-state index contributed by atoms with van der Waals surface area (Å²) in [7, 11) is 1.41. The minimum absolute atomic E-state index is 0.138. The van der Waals surface area contributed by atoms with Crippen molar-refractivity contribution in [3.05, 3.63) is 29.0 Å². The number of carbonyl (C=O) groups is 1. The molecule has 1 aromatic heterocycles. The molecule has 0 amide bonds. The molecule has 1 heterocycles. The van der Waals surface area contributed by atoms with E-state index in [1.54, 1.807) is 0 Å². The van der Waals surface area contributed by atoms with Crippen molar-refractivity contribution in [2.75, 3.05) is 7.11 Å². The minimum Gasteiger partial charge on any atom is -0.481 e. The van der Waals surface area contributed by atoms with Gasteiger partial charge < -0.3 is 9.84 Å². The van der Waals surface area contributed by atoms with Crippen LogP contribution >= 0.6 is 11.6 Å². The van der Waals surface area contributed by atoms with Gasteiger partial charge in [-0.05, 0) is 28.6 Å². The fourth-order valence-electron chi connectivity index (χ4n) is 1.80. The molecule has 0 bridgehead atoms. The van der Waals surface area contributed by atoms with Gasteiger partial charge >= 0.3 is 5.97 Å². The van der Waals surface area contributed by atoms with Gasteiger partial charge in [-0.15, -0.1) is 5.10 Å². The smallest absolute Gasteiger partial charge is 0.306 e. The van der Waals surface area contributed by atoms with Crippen molar-refractivity contribution >= 4 is 17.6 Å². The number of aromatic nitrogens is 4. The fraction of sp³-hybridized carbons (Fsp3) is 0.333. The van der Waals surface area contributed by atoms with Gasteiger partial charge in [-0.2, -0.15) is 0 Å². The van der Waals surface area contributed by atoms with Crippen LogP contribution < -0.4 is 0 Å². The van der Waals surface area contributed by atoms with Crippen LogP contribution in [-0.2, 0) is 16.1 Å². The predicted octanol–water partition coefficient (Wildman–Crippen LogP) is 1.62. The SMILES string of the molecule is COC(CC(=O)O)Cn1nnnc1-c1ccc(F)cc1Cl. The van der Waals surface area contributed by atoms with Crippen molar-refractivity contribution in [1.82, 2.24) is 20.2 Å². The van der Waals surface area contributed by atoms with E-state index in [1.807, 2.05) is 0 Å². The van der Waals surface area contributed by atoms with Gasteiger partial charge in [0.15, 0.2) is 5.82 Å². The monoisotopic (exact) mass is 314 g/mol. The quantitative estimate of drug-likeness (QED) is 0.871. The van der Waals surface area contributed by atoms with Crippen LogP contribution in [0.2, 0.25) is 5.02 Å². The van der Waals surface area contributed by atoms with Crippen LogP contribution in [0.4, 0.5) is 4.39 Å². The van der Waals surface area contributed by atoms with Gasteiger partial charge in [0.1, 0.15) is 5.82 Å². The van der Waals surface area contributed by atoms with E-state index < -0.39 is 17.9 Å². The van der Waals surface area contributed by atoms with Gasteiger partial charge in [0.25, 0.3) is 0 Å². The first-order valence-electron chi connectivity index (χ1n) is 5.97. The molecule has 0 saturated heterocycles. The average molecular weight is 315 g/mol. The first-order valence-corrected chi connectivity index (χ1v) is 6.35. The molecule has 1 atom stereocenters. The Kier molecular flexibility index (Phi) is 4.81. The molecule has 0 saturated carbocycles. The maximum Gasteiger partial charge on any atom is 0.306 e. The van der Waals surface area contributed by atoms with Crippen molar-refractivity contribution in [2.24, 2.45) is 0 Å². The minimum atomic E-state index is -0.990. The molecule has 2 aromatic rings. The number of ether oxygens (including phenoxy) is 1. The number of benzene rings is 1. The second kappa shape index (κ2) is 6.59. The standard InChI is InChI=1S/C12H12ClFN4O3/c1-21-8(5-11(19)20)6-18-12(15-16-17-18)9-3-2-7(14)4-10(9)13/h2-4,8H,5-6H2,1H3,(H,19,20). The molecule has 1 N–H and O–H groups in total. The summed E-state index contributed by atoms with van der Waals surface area (Å²) in [5.41, 5.74) is 0.452. The molecular weight excluding hydrogens is 303 g/mol. The Balaban J connectivity index is 2.27. The number of rotatable bonds is 6. The Bertz CT molecular complexity index is 649. The van der Waals surface area contributed by atoms with Crippen LogP contribution in [0.1, 0.15) is 6.42 Å². The molecule has 1 unspecified atom stereocenters. The second-order valence-electron chi connectivity index (χ2n) is 4.26. The maximum absolute atomic E-state index is 13.1. The summed E-state index contributed by atoms with van der Waals surface area (Å²) in [6.07, 6.45) is -0.781. The number of nitrogens with zero attached hydrogens (tertiary/aromatic N) is 4. The van der Waals surface area contributed by atoms with Crippen molar-refractivity contribution in [1.29, 1.82) is 0 Å². The van der Waals surface area contributed by atoms with Crippen LogP contribution in [0.15, 0.2) is 18.2 Å². The number of tetrazole rings is 1. The lowest BCUT2D eigenvalue weighted by atomic mass is 10.2. The van der Waals surface area contributed by atoms with Crippen LogP contribution in [0.25, 0.3) is 11.4 Å². The van der Waals surface area contributed by atoms with E-state index in [0.29, 0.717) is 11.4 Å². The molecular formula is C12H12ClFN4O3. The van der Waals surface area contributed by atoms with E-state index in [2.05, 4.69) is 15.5 Å². The summed E-state index contributed by atoms with van der Waals surface area (Å²) in [6.45, 7) is 0.138. The Morgan fingerprint density at radius 2 is 2.33 bits per heavy atom. The van der Waals surface area contributed by atoms with Crippen molar-refractivity contribution in [3.63, 3.8) is 0 Å². The molecule has 0 aliphatic rings. The van der Waals surface area contributed by atoms with E-state index in [-0.39, 0.29) is 18.0 Å². The number of hydrogen-bond donors (Lipinski definition) is 1. The number of carboxylic acids is 1. The van der Waals surface area contributed by atoms with Crippen molar-refractivity contribution < 1.29 is 19.0 Å². The highest BCUT2D eigenvalue weighted by Crippen LogP contribution is 2.26. The molecule has 2 rings (SSSR count). The summed E-state index contributed by atoms with van der Waals surface area (Å²) in [6, 6.07) is 3.85. The lowest BCUT2D eigenvalue weighted by Gasteiger charge is -2.13. The second-order valence-corrected chi connectivity index (χ2v) is 4.67. The number of carboxylic acid groups (broad SMARTS) is 1. The Labute approximate surface area is 124 Å². The van der Waals surface area contributed by atoms with E-state index in [0.717, 1.165) is 6.07 Å². The first-order chi connectivity index (χ1) is 10.0. The zero-order valence-electron chi connectivity index (χ0n) is 11.0. The van der Waals surface area contributed by atoms with E-state index in [4.69, 9.17) is 21.4 Å². The lowest BCUT2D eigenvalue weighted by molar-refractivity contribution is -0.140. The van der Waals surface area contributed by atoms with Gasteiger partial charge in [-0.1, -0.05) is 11.6 Å². The van der Waals surface area contributed by atoms with E-state index in [9.17, 15) is 9.18 Å². The van der Waals surface area contributed by atoms with E-state index >= 15 is 0 Å². The Hall–Kier alpha value is -2.06. The molecule has 7 nitrogen and oxygen atoms in total. The summed E-state index contributed by atoms with van der Waals surface area (Å²) < 4.78 is 19.5. The van der Waals surface area contributed by atoms with Gasteiger partial charge in [0.2, 0.25) is 0 Å². The molecule has 0 aliphatic heterocycles. The predicted molar refractivity (Wildman–Crippen MR) is 71.3 cm³/mol. The molecule has 9 heteroatoms. The number of aliphatic carboxylic acids is 1. The maximum atomic E-state index is 13.1. The first kappa shape index (κ1) is 15.3. The number of hydrogen-bond acceptors (Lipinski definition) is 5. The highest BCUT2D eigenvalue weighted by molar-refractivity contribution is 6.33. The van der Waals surface area contributed by atoms with Gasteiger partial charge in [-0.25, -0.2) is 9.07 Å². The van der Waals surface area contributed by atoms with Gasteiger partial charge in [-0.3, -0.25) is 4.79 Å². The van der Waals surface area contributed by atoms with Gasteiger partial charge in [0, 0.05) is 12.7 Å². The summed E-state index contributed by atoms with van der Waals surface area (Å²) >= 11 is 5.97. The third kappa shape index (κ3) is 3.73. The van der Waals surface area contributed by atoms with E-state index in [1.165, 1.54) is 23.9 Å². The molecule has 0 radical (unpaired) electrons. The molecule has 0 aliphatic carbocycles. The van der Waals surface area contributed by atoms with Crippen molar-refractivity contribution in [2.45, 2.75) is 19.1 Å². The largest absolute Gasteiger partial charge is 0.481 e. The number of methoxy groups -OCH3 is 1. The van der Waals surface area contributed by atoms with Crippen LogP contribution in [0.3, 0.4) is 0 Å². The molecule has 0 spiro atoms. The van der Waals surface area contributed by atoms with Gasteiger partial charge in [0.05, 0.1) is 24.1 Å². The molecule has 112 valence electrons. The highest BCUT2D eigenvalue weighted by Gasteiger charge is 2.18. The zero-order chi connectivity index (χ0) is 15.4. The van der Waals surface area contributed by atoms with Crippen molar-refractivity contribution in [3.8, 4) is 11.4 Å². The third-order valence-corrected chi connectivity index (χ3v) is 3.13. The molecule has 1 aromatic carbocycles. The Morgan fingerprint density at radius 1 is 1.57 bits per heavy atom. The van der Waals surface area contributed by atoms with Crippen LogP contribution in [0, 0.1) is 5.82 Å².